The first-order valence-electron chi connectivity index (χ1n) is 15.5. The highest BCUT2D eigenvalue weighted by Gasteiger charge is 2.43. The van der Waals surface area contributed by atoms with Crippen molar-refractivity contribution in [2.75, 3.05) is 13.2 Å². The van der Waals surface area contributed by atoms with Crippen LogP contribution in [0.25, 0.3) is 0 Å². The van der Waals surface area contributed by atoms with Gasteiger partial charge in [0, 0.05) is 0 Å². The van der Waals surface area contributed by atoms with Crippen molar-refractivity contribution in [2.45, 2.75) is 169 Å². The third-order valence-electron chi connectivity index (χ3n) is 7.64. The molecule has 0 amide bonds. The molecule has 5 heteroatoms. The van der Waals surface area contributed by atoms with Crippen molar-refractivity contribution >= 4 is 5.97 Å². The van der Waals surface area contributed by atoms with Crippen LogP contribution in [0, 0.1) is 11.3 Å². The smallest absolute Gasteiger partial charge is 0.309 e. The molecule has 0 rings (SSSR count). The number of aliphatic hydroxyl groups excluding tert-OH is 3. The maximum atomic E-state index is 12.8. The van der Waals surface area contributed by atoms with Crippen LogP contribution in [0.5, 0.6) is 0 Å². The van der Waals surface area contributed by atoms with Gasteiger partial charge in [0.1, 0.15) is 6.10 Å². The highest BCUT2D eigenvalue weighted by Crippen LogP contribution is 2.45. The van der Waals surface area contributed by atoms with Crippen molar-refractivity contribution in [2.24, 2.45) is 11.3 Å². The summed E-state index contributed by atoms with van der Waals surface area (Å²) in [6.07, 6.45) is 24.0. The predicted molar refractivity (Wildman–Crippen MR) is 153 cm³/mol. The maximum absolute atomic E-state index is 12.8. The van der Waals surface area contributed by atoms with E-state index in [-0.39, 0.29) is 13.2 Å². The molecule has 0 aromatic heterocycles. The summed E-state index contributed by atoms with van der Waals surface area (Å²) in [5, 5.41) is 34.6. The van der Waals surface area contributed by atoms with Gasteiger partial charge in [-0.3, -0.25) is 4.79 Å². The highest BCUT2D eigenvalue weighted by atomic mass is 16.4. The van der Waals surface area contributed by atoms with E-state index >= 15 is 0 Å². The Labute approximate surface area is 224 Å². The molecule has 0 aliphatic rings. The Morgan fingerprint density at radius 2 is 0.917 bits per heavy atom. The van der Waals surface area contributed by atoms with Gasteiger partial charge in [-0.15, -0.1) is 0 Å². The fourth-order valence-electron chi connectivity index (χ4n) is 5.22. The van der Waals surface area contributed by atoms with Gasteiger partial charge in [-0.2, -0.15) is 0 Å². The molecule has 0 aromatic rings. The normalized spacial score (nSPS) is 12.4. The zero-order chi connectivity index (χ0) is 27.5. The molecule has 0 spiro atoms. The summed E-state index contributed by atoms with van der Waals surface area (Å²) in [5.74, 6) is -0.110. The fourth-order valence-corrected chi connectivity index (χ4v) is 5.22. The third kappa shape index (κ3) is 19.5. The topological polar surface area (TPSA) is 98.0 Å². The second-order valence-corrected chi connectivity index (χ2v) is 10.9. The minimum Gasteiger partial charge on any atom is -0.481 e. The summed E-state index contributed by atoms with van der Waals surface area (Å²) in [7, 11) is 0. The van der Waals surface area contributed by atoms with Crippen molar-refractivity contribution in [1.29, 1.82) is 0 Å². The molecule has 0 radical (unpaired) electrons. The number of aliphatic carboxylic acids is 1. The second kappa shape index (κ2) is 27.4. The summed E-state index contributed by atoms with van der Waals surface area (Å²) in [6.45, 7) is 8.27. The van der Waals surface area contributed by atoms with Gasteiger partial charge < -0.3 is 20.4 Å². The average Bonchev–Trinajstić information content (AvgIpc) is 2.88. The molecule has 1 atom stereocenters. The first kappa shape index (κ1) is 37.5. The van der Waals surface area contributed by atoms with Crippen LogP contribution in [-0.4, -0.2) is 45.7 Å². The van der Waals surface area contributed by atoms with Crippen LogP contribution in [-0.2, 0) is 4.79 Å². The molecule has 0 heterocycles. The van der Waals surface area contributed by atoms with Gasteiger partial charge in [0.05, 0.1) is 18.6 Å². The van der Waals surface area contributed by atoms with Gasteiger partial charge in [-0.25, -0.2) is 0 Å². The first-order chi connectivity index (χ1) is 17.4. The lowest BCUT2D eigenvalue weighted by atomic mass is 9.65. The number of aliphatic hydroxyl groups is 3. The monoisotopic (exact) mass is 516 g/mol. The Morgan fingerprint density at radius 3 is 1.22 bits per heavy atom. The minimum absolute atomic E-state index is 0.365. The number of rotatable bonds is 25. The summed E-state index contributed by atoms with van der Waals surface area (Å²) in [5.41, 5.74) is -0.474. The Hall–Kier alpha value is -0.650. The van der Waals surface area contributed by atoms with E-state index in [2.05, 4.69) is 27.7 Å². The van der Waals surface area contributed by atoms with E-state index in [1.807, 2.05) is 0 Å². The van der Waals surface area contributed by atoms with Crippen LogP contribution in [0.2, 0.25) is 0 Å². The van der Waals surface area contributed by atoms with E-state index in [1.54, 1.807) is 0 Å². The molecule has 0 aliphatic carbocycles. The number of carboxylic acid groups (broad SMARTS) is 1. The molecule has 1 unspecified atom stereocenters. The summed E-state index contributed by atoms with van der Waals surface area (Å²) >= 11 is 0. The van der Waals surface area contributed by atoms with Gasteiger partial charge >= 0.3 is 5.97 Å². The van der Waals surface area contributed by atoms with Gasteiger partial charge in [0.25, 0.3) is 0 Å². The molecule has 5 nitrogen and oxygen atoms in total. The largest absolute Gasteiger partial charge is 0.481 e. The van der Waals surface area contributed by atoms with Crippen molar-refractivity contribution < 1.29 is 25.2 Å². The lowest BCUT2D eigenvalue weighted by Crippen LogP contribution is -2.39. The van der Waals surface area contributed by atoms with E-state index in [4.69, 9.17) is 15.3 Å². The first-order valence-corrected chi connectivity index (χ1v) is 15.5. The van der Waals surface area contributed by atoms with E-state index in [0.29, 0.717) is 5.92 Å². The zero-order valence-electron chi connectivity index (χ0n) is 24.6. The van der Waals surface area contributed by atoms with Crippen LogP contribution in [0.3, 0.4) is 0 Å². The molecule has 0 saturated carbocycles. The zero-order valence-corrected chi connectivity index (χ0v) is 24.6. The van der Waals surface area contributed by atoms with Crippen LogP contribution in [0.15, 0.2) is 0 Å². The maximum Gasteiger partial charge on any atom is 0.309 e. The third-order valence-corrected chi connectivity index (χ3v) is 7.64. The Morgan fingerprint density at radius 1 is 0.583 bits per heavy atom. The molecule has 218 valence electrons. The lowest BCUT2D eigenvalue weighted by Gasteiger charge is -2.38. The SMILES string of the molecule is CCCCCCCC(CCCCCC)C(CCCCCC)(CCCCCC)C(=O)O.OCC(O)CO. The number of hydrogen-bond acceptors (Lipinski definition) is 4. The van der Waals surface area contributed by atoms with Gasteiger partial charge in [0.15, 0.2) is 0 Å². The minimum atomic E-state index is -0.954. The predicted octanol–water partition coefficient (Wildman–Crippen LogP) is 8.28. The van der Waals surface area contributed by atoms with E-state index in [1.165, 1.54) is 96.3 Å². The summed E-state index contributed by atoms with van der Waals surface area (Å²) in [6, 6.07) is 0. The Bertz CT molecular complexity index is 438. The van der Waals surface area contributed by atoms with Crippen molar-refractivity contribution in [3.8, 4) is 0 Å². The summed E-state index contributed by atoms with van der Waals surface area (Å²) < 4.78 is 0. The fraction of sp³-hybridized carbons (Fsp3) is 0.968. The molecule has 0 saturated heterocycles. The number of carboxylic acids is 1. The molecule has 0 aliphatic heterocycles. The van der Waals surface area contributed by atoms with Gasteiger partial charge in [0.2, 0.25) is 0 Å². The Kier molecular flexibility index (Phi) is 28.5. The van der Waals surface area contributed by atoms with Crippen LogP contribution in [0.4, 0.5) is 0 Å². The number of hydrogen-bond donors (Lipinski definition) is 4. The van der Waals surface area contributed by atoms with Crippen molar-refractivity contribution in [3.05, 3.63) is 0 Å². The lowest BCUT2D eigenvalue weighted by molar-refractivity contribution is -0.155. The molecule has 36 heavy (non-hydrogen) atoms. The summed E-state index contributed by atoms with van der Waals surface area (Å²) in [4.78, 5) is 12.8. The van der Waals surface area contributed by atoms with Crippen molar-refractivity contribution in [1.82, 2.24) is 0 Å². The molecule has 0 fully saturated rings. The van der Waals surface area contributed by atoms with Gasteiger partial charge in [-0.1, -0.05) is 137 Å². The van der Waals surface area contributed by atoms with E-state index in [9.17, 15) is 9.90 Å². The van der Waals surface area contributed by atoms with Crippen LogP contribution in [0.1, 0.15) is 163 Å². The quantitative estimate of drug-likeness (QED) is 0.0915. The van der Waals surface area contributed by atoms with E-state index in [0.717, 1.165) is 38.5 Å². The van der Waals surface area contributed by atoms with Crippen LogP contribution >= 0.6 is 0 Å². The molecular formula is C31H64O5. The van der Waals surface area contributed by atoms with Crippen LogP contribution < -0.4 is 0 Å². The average molecular weight is 517 g/mol. The Balaban J connectivity index is 0. The van der Waals surface area contributed by atoms with Crippen molar-refractivity contribution in [3.63, 3.8) is 0 Å². The molecule has 0 bridgehead atoms. The second-order valence-electron chi connectivity index (χ2n) is 10.9. The highest BCUT2D eigenvalue weighted by molar-refractivity contribution is 5.75. The molecule has 0 aromatic carbocycles. The van der Waals surface area contributed by atoms with Gasteiger partial charge in [-0.05, 0) is 31.6 Å². The number of carbonyl (C=O) groups is 1. The molecular weight excluding hydrogens is 452 g/mol. The molecule has 4 N–H and O–H groups in total. The van der Waals surface area contributed by atoms with E-state index < -0.39 is 17.5 Å². The standard InChI is InChI=1S/C28H56O2.C3H8O3/c1-5-9-13-17-19-23-26(22-18-14-10-6-2)28(27(29)30,24-20-15-11-7-3)25-21-16-12-8-4;4-1-3(6)2-5/h26H,5-25H2,1-4H3,(H,29,30);3-6H,1-2H2. The number of unbranched alkanes of at least 4 members (excludes halogenated alkanes) is 13.